The minimum Gasteiger partial charge on any atom is -0.367 e. The van der Waals surface area contributed by atoms with E-state index in [1.54, 1.807) is 6.07 Å². The van der Waals surface area contributed by atoms with E-state index in [1.807, 2.05) is 22.6 Å². The molecular formula is C14H13FIN3O4. The van der Waals surface area contributed by atoms with Gasteiger partial charge in [-0.15, -0.1) is 5.10 Å². The first-order chi connectivity index (χ1) is 10.9. The number of ether oxygens (including phenoxy) is 1. The average Bonchev–Trinajstić information content (AvgIpc) is 2.55. The highest BCUT2D eigenvalue weighted by molar-refractivity contribution is 14.1. The van der Waals surface area contributed by atoms with Crippen molar-refractivity contribution in [3.8, 4) is 0 Å². The standard InChI is InChI=1S/C14H13FIN3O4/c1-19(23-3)14(21)11-12(20)13(22-2)10(17-18-11)8-6-7(16)4-5-9(8)15/h4-6,13H,1-3H3. The van der Waals surface area contributed by atoms with Crippen LogP contribution >= 0.6 is 22.6 Å². The summed E-state index contributed by atoms with van der Waals surface area (Å²) in [5, 5.41) is 8.32. The molecule has 0 N–H and O–H groups in total. The van der Waals surface area contributed by atoms with Gasteiger partial charge in [0.1, 0.15) is 11.5 Å². The Morgan fingerprint density at radius 2 is 2.04 bits per heavy atom. The van der Waals surface area contributed by atoms with Gasteiger partial charge in [0, 0.05) is 23.3 Å². The number of carbonyl (C=O) groups is 2. The minimum atomic E-state index is -1.22. The number of hydrogen-bond donors (Lipinski definition) is 0. The summed E-state index contributed by atoms with van der Waals surface area (Å²) < 4.78 is 19.9. The van der Waals surface area contributed by atoms with E-state index in [2.05, 4.69) is 10.2 Å². The molecule has 0 aliphatic carbocycles. The maximum Gasteiger partial charge on any atom is 0.301 e. The molecule has 1 unspecified atom stereocenters. The zero-order chi connectivity index (χ0) is 17.1. The summed E-state index contributed by atoms with van der Waals surface area (Å²) in [6, 6.07) is 4.37. The molecule has 1 atom stereocenters. The molecule has 1 heterocycles. The first kappa shape index (κ1) is 17.6. The van der Waals surface area contributed by atoms with Crippen molar-refractivity contribution in [1.29, 1.82) is 0 Å². The van der Waals surface area contributed by atoms with Crippen molar-refractivity contribution in [2.24, 2.45) is 10.2 Å². The highest BCUT2D eigenvalue weighted by Gasteiger charge is 2.38. The largest absolute Gasteiger partial charge is 0.367 e. The predicted octanol–water partition coefficient (Wildman–Crippen LogP) is 1.19. The molecule has 1 amide bonds. The molecule has 1 aromatic carbocycles. The second-order valence-corrected chi connectivity index (χ2v) is 5.77. The number of ketones is 1. The molecule has 0 aromatic heterocycles. The molecule has 0 bridgehead atoms. The number of halogens is 2. The number of nitrogens with zero attached hydrogens (tertiary/aromatic N) is 3. The van der Waals surface area contributed by atoms with Gasteiger partial charge >= 0.3 is 5.91 Å². The van der Waals surface area contributed by atoms with Gasteiger partial charge in [0.2, 0.25) is 5.78 Å². The summed E-state index contributed by atoms with van der Waals surface area (Å²) >= 11 is 2.01. The van der Waals surface area contributed by atoms with Crippen LogP contribution in [0.15, 0.2) is 28.4 Å². The van der Waals surface area contributed by atoms with Crippen molar-refractivity contribution < 1.29 is 23.6 Å². The van der Waals surface area contributed by atoms with Gasteiger partial charge in [-0.2, -0.15) is 5.10 Å². The molecule has 1 aliphatic rings. The van der Waals surface area contributed by atoms with Crippen molar-refractivity contribution in [2.45, 2.75) is 6.10 Å². The lowest BCUT2D eigenvalue weighted by atomic mass is 9.98. The summed E-state index contributed by atoms with van der Waals surface area (Å²) in [5.41, 5.74) is -0.312. The van der Waals surface area contributed by atoms with E-state index in [0.29, 0.717) is 0 Å². The van der Waals surface area contributed by atoms with E-state index >= 15 is 0 Å². The summed E-state index contributed by atoms with van der Waals surface area (Å²) in [4.78, 5) is 29.2. The van der Waals surface area contributed by atoms with Crippen LogP contribution in [0.25, 0.3) is 0 Å². The zero-order valence-corrected chi connectivity index (χ0v) is 14.7. The fraction of sp³-hybridized carbons (Fsp3) is 0.286. The predicted molar refractivity (Wildman–Crippen MR) is 88.7 cm³/mol. The average molecular weight is 433 g/mol. The van der Waals surface area contributed by atoms with Crippen molar-refractivity contribution in [2.75, 3.05) is 21.3 Å². The SMILES string of the molecule is COC1C(=O)C(C(=O)N(C)OC)=NN=C1c1cc(I)ccc1F. The number of hydroxylamine groups is 2. The third-order valence-corrected chi connectivity index (χ3v) is 3.85. The van der Waals surface area contributed by atoms with Gasteiger partial charge in [-0.25, -0.2) is 9.45 Å². The molecule has 0 fully saturated rings. The Hall–Kier alpha value is -1.72. The molecule has 1 aromatic rings. The van der Waals surface area contributed by atoms with Crippen LogP contribution in [0.1, 0.15) is 5.56 Å². The Kier molecular flexibility index (Phi) is 5.55. The maximum atomic E-state index is 14.0. The molecular weight excluding hydrogens is 420 g/mol. The van der Waals surface area contributed by atoms with Crippen LogP contribution in [-0.2, 0) is 19.2 Å². The lowest BCUT2D eigenvalue weighted by Crippen LogP contribution is -2.47. The van der Waals surface area contributed by atoms with Gasteiger partial charge < -0.3 is 4.74 Å². The van der Waals surface area contributed by atoms with Gasteiger partial charge in [-0.05, 0) is 40.8 Å². The third-order valence-electron chi connectivity index (χ3n) is 3.18. The van der Waals surface area contributed by atoms with E-state index in [4.69, 9.17) is 9.57 Å². The highest BCUT2D eigenvalue weighted by atomic mass is 127. The molecule has 7 nitrogen and oxygen atoms in total. The third kappa shape index (κ3) is 3.46. The molecule has 2 rings (SSSR count). The van der Waals surface area contributed by atoms with Crippen LogP contribution in [0.2, 0.25) is 0 Å². The number of rotatable bonds is 4. The van der Waals surface area contributed by atoms with Crippen LogP contribution in [0.3, 0.4) is 0 Å². The number of carbonyl (C=O) groups excluding carboxylic acids is 2. The summed E-state index contributed by atoms with van der Waals surface area (Å²) in [6.45, 7) is 0. The van der Waals surface area contributed by atoms with Crippen LogP contribution in [0, 0.1) is 9.39 Å². The van der Waals surface area contributed by atoms with E-state index in [9.17, 15) is 14.0 Å². The number of methoxy groups -OCH3 is 1. The van der Waals surface area contributed by atoms with Crippen LogP contribution in [0.5, 0.6) is 0 Å². The Labute approximate surface area is 145 Å². The van der Waals surface area contributed by atoms with E-state index in [-0.39, 0.29) is 11.3 Å². The van der Waals surface area contributed by atoms with Crippen molar-refractivity contribution in [3.63, 3.8) is 0 Å². The molecule has 23 heavy (non-hydrogen) atoms. The molecule has 0 radical (unpaired) electrons. The Morgan fingerprint density at radius 3 is 2.65 bits per heavy atom. The topological polar surface area (TPSA) is 80.6 Å². The van der Waals surface area contributed by atoms with Crippen molar-refractivity contribution in [3.05, 3.63) is 33.1 Å². The lowest BCUT2D eigenvalue weighted by molar-refractivity contribution is -0.160. The first-order valence-electron chi connectivity index (χ1n) is 6.40. The maximum absolute atomic E-state index is 14.0. The normalized spacial score (nSPS) is 17.6. The fourth-order valence-corrected chi connectivity index (χ4v) is 2.43. The molecule has 1 aliphatic heterocycles. The minimum absolute atomic E-state index is 0.0186. The van der Waals surface area contributed by atoms with Crippen LogP contribution in [-0.4, -0.2) is 55.5 Å². The Bertz CT molecular complexity index is 720. The van der Waals surface area contributed by atoms with E-state index in [0.717, 1.165) is 8.63 Å². The molecule has 0 saturated carbocycles. The van der Waals surface area contributed by atoms with Gasteiger partial charge in [0.15, 0.2) is 11.8 Å². The summed E-state index contributed by atoms with van der Waals surface area (Å²) in [6.07, 6.45) is -1.22. The smallest absolute Gasteiger partial charge is 0.301 e. The van der Waals surface area contributed by atoms with Crippen LogP contribution < -0.4 is 0 Å². The second kappa shape index (κ2) is 7.23. The lowest BCUT2D eigenvalue weighted by Gasteiger charge is -2.22. The second-order valence-electron chi connectivity index (χ2n) is 4.52. The van der Waals surface area contributed by atoms with Gasteiger partial charge in [-0.1, -0.05) is 0 Å². The quantitative estimate of drug-likeness (QED) is 0.528. The molecule has 9 heteroatoms. The first-order valence-corrected chi connectivity index (χ1v) is 7.48. The molecule has 0 saturated heterocycles. The number of benzene rings is 1. The van der Waals surface area contributed by atoms with Gasteiger partial charge in [0.25, 0.3) is 0 Å². The van der Waals surface area contributed by atoms with Crippen LogP contribution in [0.4, 0.5) is 4.39 Å². The van der Waals surface area contributed by atoms with Crippen molar-refractivity contribution in [1.82, 2.24) is 5.06 Å². The van der Waals surface area contributed by atoms with Gasteiger partial charge in [-0.3, -0.25) is 14.4 Å². The summed E-state index contributed by atoms with van der Waals surface area (Å²) in [7, 11) is 3.88. The Morgan fingerprint density at radius 1 is 1.35 bits per heavy atom. The number of Topliss-reactive ketones (excluding diaryl/α,β-unsaturated/α-hetero) is 1. The summed E-state index contributed by atoms with van der Waals surface area (Å²) in [5.74, 6) is -2.02. The number of amides is 1. The zero-order valence-electron chi connectivity index (χ0n) is 12.5. The molecule has 122 valence electrons. The number of hydrogen-bond acceptors (Lipinski definition) is 6. The van der Waals surface area contributed by atoms with E-state index < -0.39 is 29.3 Å². The fourth-order valence-electron chi connectivity index (χ4n) is 1.94. The Balaban J connectivity index is 2.50. The molecule has 0 spiro atoms. The monoisotopic (exact) mass is 433 g/mol. The van der Waals surface area contributed by atoms with E-state index in [1.165, 1.54) is 33.4 Å². The van der Waals surface area contributed by atoms with Gasteiger partial charge in [0.05, 0.1) is 7.11 Å². The highest BCUT2D eigenvalue weighted by Crippen LogP contribution is 2.19. The van der Waals surface area contributed by atoms with Crippen molar-refractivity contribution >= 4 is 45.7 Å².